The summed E-state index contributed by atoms with van der Waals surface area (Å²) in [5, 5.41) is 0. The van der Waals surface area contributed by atoms with Gasteiger partial charge in [-0.3, -0.25) is 0 Å². The average molecular weight is 305 g/mol. The van der Waals surface area contributed by atoms with Crippen molar-refractivity contribution in [1.29, 1.82) is 0 Å². The van der Waals surface area contributed by atoms with Gasteiger partial charge in [-0.2, -0.15) is 13.2 Å². The molecule has 0 bridgehead atoms. The van der Waals surface area contributed by atoms with E-state index in [1.54, 1.807) is 6.92 Å². The summed E-state index contributed by atoms with van der Waals surface area (Å²) in [5.74, 6) is 0. The number of hydrogen-bond donors (Lipinski definition) is 1. The van der Waals surface area contributed by atoms with Crippen LogP contribution in [0.4, 0.5) is 13.2 Å². The predicted octanol–water partition coefficient (Wildman–Crippen LogP) is 3.91. The van der Waals surface area contributed by atoms with E-state index < -0.39 is 11.7 Å². The second-order valence-electron chi connectivity index (χ2n) is 3.02. The maximum Gasteiger partial charge on any atom is 0.416 e. The van der Waals surface area contributed by atoms with Crippen LogP contribution in [0.25, 0.3) is 0 Å². The van der Waals surface area contributed by atoms with E-state index in [1.165, 1.54) is 6.07 Å². The summed E-state index contributed by atoms with van der Waals surface area (Å²) in [4.78, 5) is 0. The Morgan fingerprint density at radius 3 is 2.20 bits per heavy atom. The smallest absolute Gasteiger partial charge is 0.324 e. The third kappa shape index (κ3) is 3.66. The molecule has 0 aromatic heterocycles. The Balaban J connectivity index is 0.00000196. The fraction of sp³-hybridized carbons (Fsp3) is 0.333. The molecule has 0 heterocycles. The Hall–Kier alpha value is -0.260. The Morgan fingerprint density at radius 1 is 1.33 bits per heavy atom. The van der Waals surface area contributed by atoms with Crippen LogP contribution in [0.3, 0.4) is 0 Å². The van der Waals surface area contributed by atoms with E-state index in [1.807, 2.05) is 0 Å². The summed E-state index contributed by atoms with van der Waals surface area (Å²) in [5.41, 5.74) is 5.55. The van der Waals surface area contributed by atoms with Crippen LogP contribution in [0.1, 0.15) is 24.1 Å². The van der Waals surface area contributed by atoms with Gasteiger partial charge in [0.15, 0.2) is 0 Å². The van der Waals surface area contributed by atoms with Gasteiger partial charge in [0.05, 0.1) is 5.56 Å². The minimum Gasteiger partial charge on any atom is -0.324 e. The average Bonchev–Trinajstić information content (AvgIpc) is 2.01. The van der Waals surface area contributed by atoms with Crippen LogP contribution in [-0.2, 0) is 6.18 Å². The highest BCUT2D eigenvalue weighted by molar-refractivity contribution is 9.10. The minimum atomic E-state index is -4.31. The number of benzene rings is 1. The molecule has 1 nitrogen and oxygen atoms in total. The lowest BCUT2D eigenvalue weighted by molar-refractivity contribution is -0.137. The number of rotatable bonds is 1. The van der Waals surface area contributed by atoms with Gasteiger partial charge in [-0.05, 0) is 24.6 Å². The molecule has 1 aromatic rings. The molecule has 1 rings (SSSR count). The van der Waals surface area contributed by atoms with Gasteiger partial charge in [0.1, 0.15) is 0 Å². The van der Waals surface area contributed by atoms with Gasteiger partial charge in [-0.15, -0.1) is 12.4 Å². The second-order valence-corrected chi connectivity index (χ2v) is 3.88. The number of halogens is 5. The third-order valence-electron chi connectivity index (χ3n) is 1.82. The molecular weight excluding hydrogens is 294 g/mol. The first-order valence-electron chi connectivity index (χ1n) is 3.94. The van der Waals surface area contributed by atoms with Crippen molar-refractivity contribution in [3.63, 3.8) is 0 Å². The number of nitrogens with two attached hydrogens (primary N) is 1. The van der Waals surface area contributed by atoms with Crippen LogP contribution in [0.2, 0.25) is 0 Å². The SMILES string of the molecule is C[C@@H](N)c1ccc(C(F)(F)F)cc1Br.Cl. The van der Waals surface area contributed by atoms with E-state index in [9.17, 15) is 13.2 Å². The fourth-order valence-electron chi connectivity index (χ4n) is 1.07. The van der Waals surface area contributed by atoms with Crippen LogP contribution in [0.15, 0.2) is 22.7 Å². The largest absolute Gasteiger partial charge is 0.416 e. The summed E-state index contributed by atoms with van der Waals surface area (Å²) in [7, 11) is 0. The zero-order valence-corrected chi connectivity index (χ0v) is 10.2. The van der Waals surface area contributed by atoms with Crippen LogP contribution >= 0.6 is 28.3 Å². The first-order chi connectivity index (χ1) is 6.32. The monoisotopic (exact) mass is 303 g/mol. The standard InChI is InChI=1S/C9H9BrF3N.ClH/c1-5(14)7-3-2-6(4-8(7)10)9(11,12)13;/h2-5H,14H2,1H3;1H/t5-;/m1./s1. The van der Waals surface area contributed by atoms with Gasteiger partial charge in [-0.1, -0.05) is 22.0 Å². The van der Waals surface area contributed by atoms with Crippen molar-refractivity contribution in [2.45, 2.75) is 19.1 Å². The Bertz CT molecular complexity index is 339. The first kappa shape index (κ1) is 14.7. The van der Waals surface area contributed by atoms with Gasteiger partial charge in [-0.25, -0.2) is 0 Å². The Kier molecular flexibility index (Phi) is 5.09. The van der Waals surface area contributed by atoms with E-state index in [0.29, 0.717) is 10.0 Å². The number of hydrogen-bond acceptors (Lipinski definition) is 1. The summed E-state index contributed by atoms with van der Waals surface area (Å²) in [6.07, 6.45) is -4.31. The van der Waals surface area contributed by atoms with Gasteiger partial charge in [0, 0.05) is 10.5 Å². The molecule has 86 valence electrons. The molecule has 15 heavy (non-hydrogen) atoms. The van der Waals surface area contributed by atoms with Gasteiger partial charge < -0.3 is 5.73 Å². The van der Waals surface area contributed by atoms with Crippen molar-refractivity contribution in [2.24, 2.45) is 5.73 Å². The molecule has 0 fully saturated rings. The van der Waals surface area contributed by atoms with E-state index in [2.05, 4.69) is 15.9 Å². The molecule has 0 radical (unpaired) electrons. The Morgan fingerprint density at radius 2 is 1.87 bits per heavy atom. The lowest BCUT2D eigenvalue weighted by Gasteiger charge is -2.12. The maximum atomic E-state index is 12.2. The molecule has 2 N–H and O–H groups in total. The molecule has 1 atom stereocenters. The topological polar surface area (TPSA) is 26.0 Å². The lowest BCUT2D eigenvalue weighted by Crippen LogP contribution is -2.09. The van der Waals surface area contributed by atoms with Gasteiger partial charge in [0.2, 0.25) is 0 Å². The van der Waals surface area contributed by atoms with Crippen molar-refractivity contribution in [3.05, 3.63) is 33.8 Å². The van der Waals surface area contributed by atoms with Crippen LogP contribution in [-0.4, -0.2) is 0 Å². The zero-order valence-electron chi connectivity index (χ0n) is 7.81. The van der Waals surface area contributed by atoms with E-state index >= 15 is 0 Å². The molecule has 0 aliphatic heterocycles. The normalized spacial score (nSPS) is 13.2. The number of alkyl halides is 3. The zero-order chi connectivity index (χ0) is 10.9. The van der Waals surface area contributed by atoms with E-state index in [-0.39, 0.29) is 18.4 Å². The molecule has 0 aliphatic carbocycles. The molecule has 0 saturated carbocycles. The van der Waals surface area contributed by atoms with E-state index in [0.717, 1.165) is 12.1 Å². The van der Waals surface area contributed by atoms with Crippen molar-refractivity contribution >= 4 is 28.3 Å². The van der Waals surface area contributed by atoms with Crippen LogP contribution in [0, 0.1) is 0 Å². The highest BCUT2D eigenvalue weighted by atomic mass is 79.9. The summed E-state index contributed by atoms with van der Waals surface area (Å²) >= 11 is 3.06. The van der Waals surface area contributed by atoms with Crippen LogP contribution in [0.5, 0.6) is 0 Å². The highest BCUT2D eigenvalue weighted by Crippen LogP contribution is 2.33. The third-order valence-corrected chi connectivity index (χ3v) is 2.51. The highest BCUT2D eigenvalue weighted by Gasteiger charge is 2.30. The van der Waals surface area contributed by atoms with Crippen molar-refractivity contribution in [3.8, 4) is 0 Å². The predicted molar refractivity (Wildman–Crippen MR) is 59.0 cm³/mol. The molecule has 0 saturated heterocycles. The minimum absolute atomic E-state index is 0. The molecule has 0 aliphatic rings. The quantitative estimate of drug-likeness (QED) is 0.836. The fourth-order valence-corrected chi connectivity index (χ4v) is 1.81. The molecule has 1 aromatic carbocycles. The van der Waals surface area contributed by atoms with Gasteiger partial charge >= 0.3 is 6.18 Å². The molecule has 0 amide bonds. The molecular formula is C9H10BrClF3N. The lowest BCUT2D eigenvalue weighted by atomic mass is 10.1. The van der Waals surface area contributed by atoms with Crippen LogP contribution < -0.4 is 5.73 Å². The van der Waals surface area contributed by atoms with Crippen molar-refractivity contribution in [2.75, 3.05) is 0 Å². The summed E-state index contributed by atoms with van der Waals surface area (Å²) < 4.78 is 37.1. The van der Waals surface area contributed by atoms with Crippen molar-refractivity contribution in [1.82, 2.24) is 0 Å². The second kappa shape index (κ2) is 5.18. The summed E-state index contributed by atoms with van der Waals surface area (Å²) in [6, 6.07) is 3.17. The maximum absolute atomic E-state index is 12.2. The molecule has 0 unspecified atom stereocenters. The van der Waals surface area contributed by atoms with E-state index in [4.69, 9.17) is 5.73 Å². The first-order valence-corrected chi connectivity index (χ1v) is 4.74. The van der Waals surface area contributed by atoms with Crippen molar-refractivity contribution < 1.29 is 13.2 Å². The summed E-state index contributed by atoms with van der Waals surface area (Å²) in [6.45, 7) is 1.72. The molecule has 0 spiro atoms. The Labute approximate surface area is 100 Å². The molecule has 6 heteroatoms. The van der Waals surface area contributed by atoms with Gasteiger partial charge in [0.25, 0.3) is 0 Å².